The van der Waals surface area contributed by atoms with Gasteiger partial charge in [0.05, 0.1) is 6.04 Å². The highest BCUT2D eigenvalue weighted by atomic mass is 16.2. The first-order valence-corrected chi connectivity index (χ1v) is 3.95. The highest BCUT2D eigenvalue weighted by molar-refractivity contribution is 5.81. The molecule has 66 valence electrons. The molecule has 11 heavy (non-hydrogen) atoms. The van der Waals surface area contributed by atoms with Gasteiger partial charge < -0.3 is 16.8 Å². The standard InChI is InChI=1S/C7H17N3O/c1-2-6(9)7(11)10-5-3-4-8/h6H,2-5,8-9H2,1H3,(H,10,11)/t6-/m0/s1. The third-order valence-electron chi connectivity index (χ3n) is 1.46. The predicted molar refractivity (Wildman–Crippen MR) is 44.9 cm³/mol. The maximum Gasteiger partial charge on any atom is 0.236 e. The van der Waals surface area contributed by atoms with Gasteiger partial charge in [0, 0.05) is 6.54 Å². The van der Waals surface area contributed by atoms with Crippen LogP contribution in [0.5, 0.6) is 0 Å². The van der Waals surface area contributed by atoms with Crippen LogP contribution in [0.4, 0.5) is 0 Å². The van der Waals surface area contributed by atoms with Crippen LogP contribution in [0.2, 0.25) is 0 Å². The van der Waals surface area contributed by atoms with E-state index in [1.165, 1.54) is 0 Å². The Hall–Kier alpha value is -0.610. The molecule has 0 aliphatic heterocycles. The minimum Gasteiger partial charge on any atom is -0.355 e. The number of carbonyl (C=O) groups excluding carboxylic acids is 1. The van der Waals surface area contributed by atoms with E-state index in [1.807, 2.05) is 6.92 Å². The fourth-order valence-electron chi connectivity index (χ4n) is 0.630. The van der Waals surface area contributed by atoms with Crippen molar-refractivity contribution in [1.82, 2.24) is 5.32 Å². The maximum absolute atomic E-state index is 11.0. The van der Waals surface area contributed by atoms with Crippen LogP contribution >= 0.6 is 0 Å². The molecule has 5 N–H and O–H groups in total. The van der Waals surface area contributed by atoms with Gasteiger partial charge in [-0.15, -0.1) is 0 Å². The van der Waals surface area contributed by atoms with Gasteiger partial charge in [0.25, 0.3) is 0 Å². The summed E-state index contributed by atoms with van der Waals surface area (Å²) >= 11 is 0. The van der Waals surface area contributed by atoms with E-state index in [-0.39, 0.29) is 11.9 Å². The van der Waals surface area contributed by atoms with Crippen molar-refractivity contribution in [2.45, 2.75) is 25.8 Å². The van der Waals surface area contributed by atoms with Gasteiger partial charge in [-0.2, -0.15) is 0 Å². The molecule has 0 fully saturated rings. The first kappa shape index (κ1) is 10.4. The first-order chi connectivity index (χ1) is 5.22. The number of nitrogens with two attached hydrogens (primary N) is 2. The van der Waals surface area contributed by atoms with Gasteiger partial charge in [-0.05, 0) is 19.4 Å². The molecule has 4 heteroatoms. The van der Waals surface area contributed by atoms with Gasteiger partial charge >= 0.3 is 0 Å². The quantitative estimate of drug-likeness (QED) is 0.459. The number of rotatable bonds is 5. The Labute approximate surface area is 67.3 Å². The summed E-state index contributed by atoms with van der Waals surface area (Å²) in [4.78, 5) is 11.0. The summed E-state index contributed by atoms with van der Waals surface area (Å²) in [6.45, 7) is 3.11. The lowest BCUT2D eigenvalue weighted by Gasteiger charge is -2.08. The Morgan fingerprint density at radius 2 is 2.27 bits per heavy atom. The second-order valence-electron chi connectivity index (χ2n) is 2.45. The van der Waals surface area contributed by atoms with Gasteiger partial charge in [-0.25, -0.2) is 0 Å². The monoisotopic (exact) mass is 159 g/mol. The Morgan fingerprint density at radius 1 is 1.64 bits per heavy atom. The summed E-state index contributed by atoms with van der Waals surface area (Å²) in [6.07, 6.45) is 1.48. The minimum atomic E-state index is -0.368. The summed E-state index contributed by atoms with van der Waals surface area (Å²) in [7, 11) is 0. The van der Waals surface area contributed by atoms with Crippen molar-refractivity contribution in [3.05, 3.63) is 0 Å². The van der Waals surface area contributed by atoms with E-state index in [4.69, 9.17) is 11.5 Å². The van der Waals surface area contributed by atoms with E-state index < -0.39 is 0 Å². The zero-order chi connectivity index (χ0) is 8.69. The zero-order valence-corrected chi connectivity index (χ0v) is 6.97. The molecule has 0 aromatic carbocycles. The minimum absolute atomic E-state index is 0.0825. The third kappa shape index (κ3) is 4.75. The van der Waals surface area contributed by atoms with Crippen LogP contribution in [0.25, 0.3) is 0 Å². The highest BCUT2D eigenvalue weighted by Crippen LogP contribution is 1.84. The SMILES string of the molecule is CC[C@H](N)C(=O)NCCCN. The van der Waals surface area contributed by atoms with E-state index in [0.29, 0.717) is 19.5 Å². The number of amides is 1. The topological polar surface area (TPSA) is 81.1 Å². The maximum atomic E-state index is 11.0. The first-order valence-electron chi connectivity index (χ1n) is 3.95. The van der Waals surface area contributed by atoms with Crippen LogP contribution in [-0.4, -0.2) is 25.0 Å². The summed E-state index contributed by atoms with van der Waals surface area (Å²) in [5, 5.41) is 2.69. The number of carbonyl (C=O) groups is 1. The van der Waals surface area contributed by atoms with E-state index in [1.54, 1.807) is 0 Å². The van der Waals surface area contributed by atoms with Crippen molar-refractivity contribution >= 4 is 5.91 Å². The fraction of sp³-hybridized carbons (Fsp3) is 0.857. The van der Waals surface area contributed by atoms with Crippen LogP contribution in [0.3, 0.4) is 0 Å². The van der Waals surface area contributed by atoms with Crippen molar-refractivity contribution in [3.8, 4) is 0 Å². The molecule has 1 amide bonds. The molecule has 0 aliphatic carbocycles. The number of hydrogen-bond acceptors (Lipinski definition) is 3. The van der Waals surface area contributed by atoms with Crippen molar-refractivity contribution in [3.63, 3.8) is 0 Å². The Morgan fingerprint density at radius 3 is 2.73 bits per heavy atom. The lowest BCUT2D eigenvalue weighted by Crippen LogP contribution is -2.40. The van der Waals surface area contributed by atoms with E-state index in [0.717, 1.165) is 6.42 Å². The molecule has 0 heterocycles. The van der Waals surface area contributed by atoms with Crippen molar-refractivity contribution in [2.75, 3.05) is 13.1 Å². The van der Waals surface area contributed by atoms with E-state index in [2.05, 4.69) is 5.32 Å². The smallest absolute Gasteiger partial charge is 0.236 e. The Balaban J connectivity index is 3.36. The molecule has 0 saturated carbocycles. The molecule has 0 saturated heterocycles. The molecule has 0 rings (SSSR count). The van der Waals surface area contributed by atoms with Crippen molar-refractivity contribution in [2.24, 2.45) is 11.5 Å². The largest absolute Gasteiger partial charge is 0.355 e. The normalized spacial score (nSPS) is 12.6. The van der Waals surface area contributed by atoms with Gasteiger partial charge in [-0.1, -0.05) is 6.92 Å². The third-order valence-corrected chi connectivity index (χ3v) is 1.46. The van der Waals surface area contributed by atoms with Gasteiger partial charge in [-0.3, -0.25) is 4.79 Å². The lowest BCUT2D eigenvalue weighted by atomic mass is 10.2. The number of nitrogens with one attached hydrogen (secondary N) is 1. The molecule has 0 aromatic heterocycles. The van der Waals surface area contributed by atoms with Crippen LogP contribution in [-0.2, 0) is 4.79 Å². The van der Waals surface area contributed by atoms with Gasteiger partial charge in [0.1, 0.15) is 0 Å². The predicted octanol–water partition coefficient (Wildman–Crippen LogP) is -0.811. The zero-order valence-electron chi connectivity index (χ0n) is 6.97. The second kappa shape index (κ2) is 6.12. The molecule has 0 spiro atoms. The molecule has 0 aliphatic rings. The second-order valence-corrected chi connectivity index (χ2v) is 2.45. The molecule has 0 radical (unpaired) electrons. The average Bonchev–Trinajstić information content (AvgIpc) is 2.03. The molecule has 0 aromatic rings. The highest BCUT2D eigenvalue weighted by Gasteiger charge is 2.08. The van der Waals surface area contributed by atoms with Crippen molar-refractivity contribution < 1.29 is 4.79 Å². The molecule has 0 bridgehead atoms. The summed E-state index contributed by atoms with van der Waals surface area (Å²) in [5.74, 6) is -0.0825. The molecule has 4 nitrogen and oxygen atoms in total. The average molecular weight is 159 g/mol. The summed E-state index contributed by atoms with van der Waals surface area (Å²) in [5.41, 5.74) is 10.7. The lowest BCUT2D eigenvalue weighted by molar-refractivity contribution is -0.122. The van der Waals surface area contributed by atoms with Crippen LogP contribution < -0.4 is 16.8 Å². The van der Waals surface area contributed by atoms with Crippen molar-refractivity contribution in [1.29, 1.82) is 0 Å². The van der Waals surface area contributed by atoms with Crippen LogP contribution in [0.15, 0.2) is 0 Å². The Bertz CT molecular complexity index is 116. The molecular weight excluding hydrogens is 142 g/mol. The van der Waals surface area contributed by atoms with E-state index in [9.17, 15) is 4.79 Å². The summed E-state index contributed by atoms with van der Waals surface area (Å²) in [6, 6.07) is -0.368. The van der Waals surface area contributed by atoms with Crippen LogP contribution in [0.1, 0.15) is 19.8 Å². The molecule has 1 atom stereocenters. The molecule has 0 unspecified atom stereocenters. The summed E-state index contributed by atoms with van der Waals surface area (Å²) < 4.78 is 0. The number of hydrogen-bond donors (Lipinski definition) is 3. The Kier molecular flexibility index (Phi) is 5.78. The molecular formula is C7H17N3O. The fourth-order valence-corrected chi connectivity index (χ4v) is 0.630. The van der Waals surface area contributed by atoms with Gasteiger partial charge in [0.2, 0.25) is 5.91 Å². The van der Waals surface area contributed by atoms with Crippen LogP contribution in [0, 0.1) is 0 Å². The van der Waals surface area contributed by atoms with E-state index >= 15 is 0 Å². The van der Waals surface area contributed by atoms with Gasteiger partial charge in [0.15, 0.2) is 0 Å².